The number of fused-ring (bicyclic) bond motifs is 3. The molecular weight excluding hydrogens is 262 g/mol. The van der Waals surface area contributed by atoms with E-state index in [1.54, 1.807) is 0 Å². The molecule has 0 aliphatic carbocycles. The molecule has 0 radical (unpaired) electrons. The SMILES string of the molecule is Cc1cccc2sc3cc(-c4cccnc4)ccc3c12. The summed E-state index contributed by atoms with van der Waals surface area (Å²) in [5.74, 6) is 0. The van der Waals surface area contributed by atoms with E-state index in [9.17, 15) is 0 Å². The third kappa shape index (κ3) is 1.73. The van der Waals surface area contributed by atoms with E-state index in [0.29, 0.717) is 0 Å². The van der Waals surface area contributed by atoms with Gasteiger partial charge in [0.2, 0.25) is 0 Å². The summed E-state index contributed by atoms with van der Waals surface area (Å²) in [6.07, 6.45) is 3.73. The van der Waals surface area contributed by atoms with Crippen LogP contribution in [0.5, 0.6) is 0 Å². The van der Waals surface area contributed by atoms with Crippen molar-refractivity contribution < 1.29 is 0 Å². The van der Waals surface area contributed by atoms with E-state index in [1.165, 1.54) is 36.9 Å². The number of rotatable bonds is 1. The van der Waals surface area contributed by atoms with Gasteiger partial charge in [-0.1, -0.05) is 30.3 Å². The minimum absolute atomic E-state index is 1.17. The minimum Gasteiger partial charge on any atom is -0.264 e. The molecule has 0 saturated heterocycles. The van der Waals surface area contributed by atoms with Crippen LogP contribution in [-0.2, 0) is 0 Å². The Kier molecular flexibility index (Phi) is 2.57. The van der Waals surface area contributed by atoms with Crippen molar-refractivity contribution in [3.63, 3.8) is 0 Å². The van der Waals surface area contributed by atoms with Crippen molar-refractivity contribution in [3.8, 4) is 11.1 Å². The van der Waals surface area contributed by atoms with E-state index in [2.05, 4.69) is 54.4 Å². The first kappa shape index (κ1) is 11.6. The lowest BCUT2D eigenvalue weighted by Crippen LogP contribution is -1.78. The van der Waals surface area contributed by atoms with E-state index in [-0.39, 0.29) is 0 Å². The molecule has 0 bridgehead atoms. The van der Waals surface area contributed by atoms with Crippen molar-refractivity contribution in [3.05, 3.63) is 66.5 Å². The van der Waals surface area contributed by atoms with Crippen molar-refractivity contribution in [1.82, 2.24) is 4.98 Å². The Hall–Kier alpha value is -2.19. The molecule has 0 aliphatic rings. The van der Waals surface area contributed by atoms with Gasteiger partial charge < -0.3 is 0 Å². The Bertz CT molecular complexity index is 907. The van der Waals surface area contributed by atoms with Crippen LogP contribution in [0.3, 0.4) is 0 Å². The number of nitrogens with zero attached hydrogens (tertiary/aromatic N) is 1. The van der Waals surface area contributed by atoms with Crippen LogP contribution in [0.2, 0.25) is 0 Å². The van der Waals surface area contributed by atoms with Crippen molar-refractivity contribution in [2.45, 2.75) is 6.92 Å². The highest BCUT2D eigenvalue weighted by Crippen LogP contribution is 2.37. The van der Waals surface area contributed by atoms with Gasteiger partial charge in [0.15, 0.2) is 0 Å². The van der Waals surface area contributed by atoms with E-state index in [1.807, 2.05) is 29.8 Å². The number of hydrogen-bond donors (Lipinski definition) is 0. The first-order valence-corrected chi connectivity index (χ1v) is 7.47. The quantitative estimate of drug-likeness (QED) is 0.451. The highest BCUT2D eigenvalue weighted by Gasteiger charge is 2.08. The molecule has 0 unspecified atom stereocenters. The molecule has 0 saturated carbocycles. The summed E-state index contributed by atoms with van der Waals surface area (Å²) in [6.45, 7) is 2.18. The van der Waals surface area contributed by atoms with Crippen LogP contribution >= 0.6 is 11.3 Å². The van der Waals surface area contributed by atoms with Gasteiger partial charge in [0.1, 0.15) is 0 Å². The summed E-state index contributed by atoms with van der Waals surface area (Å²) in [4.78, 5) is 4.20. The van der Waals surface area contributed by atoms with Crippen LogP contribution in [0.25, 0.3) is 31.3 Å². The molecule has 2 aromatic heterocycles. The van der Waals surface area contributed by atoms with Crippen molar-refractivity contribution >= 4 is 31.5 Å². The number of aromatic nitrogens is 1. The van der Waals surface area contributed by atoms with Crippen LogP contribution in [-0.4, -0.2) is 4.98 Å². The molecule has 2 heteroatoms. The third-order valence-electron chi connectivity index (χ3n) is 3.70. The molecule has 2 aromatic carbocycles. The summed E-state index contributed by atoms with van der Waals surface area (Å²) in [5.41, 5.74) is 3.75. The lowest BCUT2D eigenvalue weighted by molar-refractivity contribution is 1.33. The van der Waals surface area contributed by atoms with Crippen LogP contribution in [0, 0.1) is 6.92 Å². The van der Waals surface area contributed by atoms with Crippen LogP contribution in [0.15, 0.2) is 60.9 Å². The van der Waals surface area contributed by atoms with Gasteiger partial charge in [0.25, 0.3) is 0 Å². The molecule has 20 heavy (non-hydrogen) atoms. The normalized spacial score (nSPS) is 11.2. The Morgan fingerprint density at radius 2 is 1.85 bits per heavy atom. The Balaban J connectivity index is 2.01. The summed E-state index contributed by atoms with van der Waals surface area (Å²) < 4.78 is 2.71. The van der Waals surface area contributed by atoms with Gasteiger partial charge in [-0.05, 0) is 36.2 Å². The largest absolute Gasteiger partial charge is 0.264 e. The fourth-order valence-electron chi connectivity index (χ4n) is 2.72. The topological polar surface area (TPSA) is 12.9 Å². The average Bonchev–Trinajstić information content (AvgIpc) is 2.87. The second-order valence-corrected chi connectivity index (χ2v) is 6.09. The fourth-order valence-corrected chi connectivity index (χ4v) is 3.94. The first-order chi connectivity index (χ1) is 9.83. The predicted molar refractivity (Wildman–Crippen MR) is 87.3 cm³/mol. The molecule has 1 nitrogen and oxygen atoms in total. The lowest BCUT2D eigenvalue weighted by atomic mass is 10.0. The summed E-state index contributed by atoms with van der Waals surface area (Å²) in [7, 11) is 0. The zero-order chi connectivity index (χ0) is 13.5. The maximum atomic E-state index is 4.20. The molecule has 96 valence electrons. The second-order valence-electron chi connectivity index (χ2n) is 5.00. The number of thiophene rings is 1. The maximum absolute atomic E-state index is 4.20. The van der Waals surface area contributed by atoms with Crippen molar-refractivity contribution in [2.75, 3.05) is 0 Å². The Morgan fingerprint density at radius 3 is 2.70 bits per heavy atom. The monoisotopic (exact) mass is 275 g/mol. The van der Waals surface area contributed by atoms with Gasteiger partial charge >= 0.3 is 0 Å². The summed E-state index contributed by atoms with van der Waals surface area (Å²) in [5, 5.41) is 2.75. The molecule has 0 spiro atoms. The molecule has 0 atom stereocenters. The number of pyridine rings is 1. The van der Waals surface area contributed by atoms with Crippen LogP contribution in [0.1, 0.15) is 5.56 Å². The molecular formula is C18H13NS. The third-order valence-corrected chi connectivity index (χ3v) is 4.82. The van der Waals surface area contributed by atoms with Crippen LogP contribution in [0.4, 0.5) is 0 Å². The van der Waals surface area contributed by atoms with Gasteiger partial charge in [-0.15, -0.1) is 11.3 Å². The standard InChI is InChI=1S/C18H13NS/c1-12-4-2-6-16-18(12)15-8-7-13(10-17(15)20-16)14-5-3-9-19-11-14/h2-11H,1H3. The number of aryl methyl sites for hydroxylation is 1. The van der Waals surface area contributed by atoms with E-state index in [0.717, 1.165) is 0 Å². The molecule has 0 N–H and O–H groups in total. The maximum Gasteiger partial charge on any atom is 0.0361 e. The fraction of sp³-hybridized carbons (Fsp3) is 0.0556. The molecule has 2 heterocycles. The highest BCUT2D eigenvalue weighted by molar-refractivity contribution is 7.25. The Morgan fingerprint density at radius 1 is 0.900 bits per heavy atom. The minimum atomic E-state index is 1.17. The smallest absolute Gasteiger partial charge is 0.0361 e. The van der Waals surface area contributed by atoms with Gasteiger partial charge in [-0.25, -0.2) is 0 Å². The lowest BCUT2D eigenvalue weighted by Gasteiger charge is -2.01. The van der Waals surface area contributed by atoms with Crippen molar-refractivity contribution in [2.24, 2.45) is 0 Å². The molecule has 0 amide bonds. The molecule has 4 rings (SSSR count). The van der Waals surface area contributed by atoms with E-state index < -0.39 is 0 Å². The number of hydrogen-bond acceptors (Lipinski definition) is 2. The van der Waals surface area contributed by atoms with Crippen molar-refractivity contribution in [1.29, 1.82) is 0 Å². The second kappa shape index (κ2) is 4.43. The average molecular weight is 275 g/mol. The zero-order valence-corrected chi connectivity index (χ0v) is 11.9. The van der Waals surface area contributed by atoms with E-state index in [4.69, 9.17) is 0 Å². The Labute approximate surface area is 121 Å². The van der Waals surface area contributed by atoms with Gasteiger partial charge in [0.05, 0.1) is 0 Å². The number of benzene rings is 2. The highest BCUT2D eigenvalue weighted by atomic mass is 32.1. The predicted octanol–water partition coefficient (Wildman–Crippen LogP) is 5.42. The zero-order valence-electron chi connectivity index (χ0n) is 11.1. The summed E-state index contributed by atoms with van der Waals surface area (Å²) >= 11 is 1.86. The molecule has 0 fully saturated rings. The van der Waals surface area contributed by atoms with E-state index >= 15 is 0 Å². The van der Waals surface area contributed by atoms with Crippen LogP contribution < -0.4 is 0 Å². The molecule has 4 aromatic rings. The molecule has 0 aliphatic heterocycles. The summed E-state index contributed by atoms with van der Waals surface area (Å²) in [6, 6.07) is 17.3. The van der Waals surface area contributed by atoms with Gasteiger partial charge in [-0.2, -0.15) is 0 Å². The van der Waals surface area contributed by atoms with Gasteiger partial charge in [-0.3, -0.25) is 4.98 Å². The first-order valence-electron chi connectivity index (χ1n) is 6.65. The van der Waals surface area contributed by atoms with Gasteiger partial charge in [0, 0.05) is 38.1 Å².